The molecule has 1 heterocycles. The van der Waals surface area contributed by atoms with Gasteiger partial charge in [-0.3, -0.25) is 9.59 Å². The molecule has 0 saturated carbocycles. The summed E-state index contributed by atoms with van der Waals surface area (Å²) in [5.74, 6) is -0.954. The third-order valence-corrected chi connectivity index (χ3v) is 3.67. The van der Waals surface area contributed by atoms with E-state index in [1.165, 1.54) is 25.3 Å². The second-order valence-corrected chi connectivity index (χ2v) is 5.53. The van der Waals surface area contributed by atoms with Gasteiger partial charge in [-0.2, -0.15) is 0 Å². The summed E-state index contributed by atoms with van der Waals surface area (Å²) in [7, 11) is 0. The number of carbonyl (C=O) groups is 2. The van der Waals surface area contributed by atoms with Crippen LogP contribution in [0.4, 0.5) is 0 Å². The average molecular weight is 306 g/mol. The van der Waals surface area contributed by atoms with Gasteiger partial charge in [-0.15, -0.1) is 0 Å². The number of carbonyl (C=O) groups excluding carboxylic acids is 2. The molecule has 122 valence electrons. The Morgan fingerprint density at radius 1 is 1.18 bits per heavy atom. The van der Waals surface area contributed by atoms with Crippen molar-refractivity contribution in [1.82, 2.24) is 0 Å². The van der Waals surface area contributed by atoms with Gasteiger partial charge in [-0.1, -0.05) is 45.6 Å². The lowest BCUT2D eigenvalue weighted by molar-refractivity contribution is 0.0953. The Balaban J connectivity index is 2.62. The Labute approximate surface area is 132 Å². The van der Waals surface area contributed by atoms with E-state index in [9.17, 15) is 14.7 Å². The van der Waals surface area contributed by atoms with E-state index in [2.05, 4.69) is 6.92 Å². The minimum absolute atomic E-state index is 0.0377. The lowest BCUT2D eigenvalue weighted by Gasteiger charge is -2.00. The Morgan fingerprint density at radius 2 is 1.86 bits per heavy atom. The van der Waals surface area contributed by atoms with Gasteiger partial charge in [0.2, 0.25) is 0 Å². The van der Waals surface area contributed by atoms with Crippen LogP contribution in [0.1, 0.15) is 86.6 Å². The molecule has 0 spiro atoms. The van der Waals surface area contributed by atoms with Gasteiger partial charge in [0, 0.05) is 12.5 Å². The van der Waals surface area contributed by atoms with Crippen molar-refractivity contribution in [2.75, 3.05) is 0 Å². The van der Waals surface area contributed by atoms with Gasteiger partial charge in [0.25, 0.3) is 5.95 Å². The largest absolute Gasteiger partial charge is 0.480 e. The summed E-state index contributed by atoms with van der Waals surface area (Å²) in [5.41, 5.74) is 0.638. The first kappa shape index (κ1) is 18.2. The minimum atomic E-state index is -0.475. The highest BCUT2D eigenvalue weighted by Gasteiger charge is 2.21. The standard InChI is InChI=1S/C18H26O4/c1-4-6-7-8-9-10-11-13(3)17(20)14-12-16(15(19)5-2)22-18(14)21/h11-12,21H,4-10H2,1-3H3. The van der Waals surface area contributed by atoms with Crippen molar-refractivity contribution in [3.8, 4) is 5.95 Å². The number of Topliss-reactive ketones (excluding diaryl/α,β-unsaturated/α-hetero) is 2. The smallest absolute Gasteiger partial charge is 0.294 e. The van der Waals surface area contributed by atoms with E-state index in [0.29, 0.717) is 5.57 Å². The fourth-order valence-electron chi connectivity index (χ4n) is 2.23. The zero-order valence-corrected chi connectivity index (χ0v) is 13.8. The fraction of sp³-hybridized carbons (Fsp3) is 0.556. The second-order valence-electron chi connectivity index (χ2n) is 5.53. The maximum Gasteiger partial charge on any atom is 0.294 e. The molecule has 0 atom stereocenters. The van der Waals surface area contributed by atoms with Crippen LogP contribution in [0.2, 0.25) is 0 Å². The molecule has 0 unspecified atom stereocenters. The first-order valence-electron chi connectivity index (χ1n) is 8.08. The van der Waals surface area contributed by atoms with Crippen LogP contribution in [0.3, 0.4) is 0 Å². The molecule has 0 bridgehead atoms. The molecular formula is C18H26O4. The zero-order valence-electron chi connectivity index (χ0n) is 13.8. The van der Waals surface area contributed by atoms with Crippen LogP contribution in [-0.2, 0) is 0 Å². The Kier molecular flexibility index (Phi) is 7.64. The molecule has 0 aromatic carbocycles. The van der Waals surface area contributed by atoms with Crippen molar-refractivity contribution in [3.63, 3.8) is 0 Å². The topological polar surface area (TPSA) is 67.5 Å². The Bertz CT molecular complexity index is 537. The second kappa shape index (κ2) is 9.23. The lowest BCUT2D eigenvalue weighted by atomic mass is 10.0. The molecule has 1 rings (SSSR count). The normalized spacial score (nSPS) is 11.7. The molecule has 0 fully saturated rings. The Morgan fingerprint density at radius 3 is 2.50 bits per heavy atom. The van der Waals surface area contributed by atoms with Gasteiger partial charge in [0.05, 0.1) is 0 Å². The van der Waals surface area contributed by atoms with Crippen LogP contribution >= 0.6 is 0 Å². The zero-order chi connectivity index (χ0) is 16.5. The van der Waals surface area contributed by atoms with Crippen LogP contribution in [0.15, 0.2) is 22.1 Å². The van der Waals surface area contributed by atoms with Crippen molar-refractivity contribution in [1.29, 1.82) is 0 Å². The van der Waals surface area contributed by atoms with Crippen molar-refractivity contribution >= 4 is 11.6 Å². The van der Waals surface area contributed by atoms with Gasteiger partial charge in [-0.25, -0.2) is 0 Å². The average Bonchev–Trinajstić information content (AvgIpc) is 2.90. The maximum absolute atomic E-state index is 12.3. The van der Waals surface area contributed by atoms with Crippen molar-refractivity contribution < 1.29 is 19.1 Å². The Hall–Kier alpha value is -1.84. The van der Waals surface area contributed by atoms with Crippen molar-refractivity contribution in [2.45, 2.75) is 65.7 Å². The molecule has 0 amide bonds. The number of aromatic hydroxyl groups is 1. The molecule has 0 saturated heterocycles. The minimum Gasteiger partial charge on any atom is -0.480 e. The van der Waals surface area contributed by atoms with Gasteiger partial charge >= 0.3 is 0 Å². The van der Waals surface area contributed by atoms with Gasteiger partial charge in [0.15, 0.2) is 17.3 Å². The molecule has 4 nitrogen and oxygen atoms in total. The fourth-order valence-corrected chi connectivity index (χ4v) is 2.23. The predicted octanol–water partition coefficient (Wildman–Crippen LogP) is 5.07. The molecule has 22 heavy (non-hydrogen) atoms. The number of unbranched alkanes of at least 4 members (excludes halogenated alkanes) is 5. The number of allylic oxidation sites excluding steroid dienone is 2. The van der Waals surface area contributed by atoms with E-state index in [1.54, 1.807) is 13.8 Å². The first-order valence-corrected chi connectivity index (χ1v) is 8.08. The van der Waals surface area contributed by atoms with E-state index in [1.807, 2.05) is 6.08 Å². The predicted molar refractivity (Wildman–Crippen MR) is 86.5 cm³/mol. The molecular weight excluding hydrogens is 280 g/mol. The first-order chi connectivity index (χ1) is 10.5. The van der Waals surface area contributed by atoms with E-state index >= 15 is 0 Å². The van der Waals surface area contributed by atoms with Gasteiger partial charge in [0.1, 0.15) is 5.56 Å². The molecule has 4 heteroatoms. The highest BCUT2D eigenvalue weighted by atomic mass is 16.5. The summed E-state index contributed by atoms with van der Waals surface area (Å²) in [6.07, 6.45) is 8.92. The van der Waals surface area contributed by atoms with Crippen LogP contribution in [0.25, 0.3) is 0 Å². The molecule has 0 aliphatic heterocycles. The van der Waals surface area contributed by atoms with Crippen LogP contribution in [-0.4, -0.2) is 16.7 Å². The quantitative estimate of drug-likeness (QED) is 0.372. The number of hydrogen-bond donors (Lipinski definition) is 1. The number of ketones is 2. The summed E-state index contributed by atoms with van der Waals surface area (Å²) in [4.78, 5) is 23.8. The van der Waals surface area contributed by atoms with Crippen molar-refractivity contribution in [2.24, 2.45) is 0 Å². The van der Waals surface area contributed by atoms with Gasteiger partial charge < -0.3 is 9.52 Å². The number of hydrogen-bond acceptors (Lipinski definition) is 4. The lowest BCUT2D eigenvalue weighted by Crippen LogP contribution is -2.00. The molecule has 0 aliphatic carbocycles. The van der Waals surface area contributed by atoms with Crippen molar-refractivity contribution in [3.05, 3.63) is 29.0 Å². The van der Waals surface area contributed by atoms with E-state index in [0.717, 1.165) is 19.3 Å². The molecule has 0 aliphatic rings. The summed E-state index contributed by atoms with van der Waals surface area (Å²) in [5, 5.41) is 9.70. The number of rotatable bonds is 10. The monoisotopic (exact) mass is 306 g/mol. The van der Waals surface area contributed by atoms with E-state index in [4.69, 9.17) is 4.42 Å². The SMILES string of the molecule is CCCCCCCC=C(C)C(=O)c1cc(C(=O)CC)oc1O. The van der Waals surface area contributed by atoms with Gasteiger partial charge in [-0.05, 0) is 25.3 Å². The summed E-state index contributed by atoms with van der Waals surface area (Å²) < 4.78 is 4.97. The maximum atomic E-state index is 12.3. The third-order valence-electron chi connectivity index (χ3n) is 3.67. The molecule has 1 aromatic heterocycles. The molecule has 1 N–H and O–H groups in total. The number of furan rings is 1. The van der Waals surface area contributed by atoms with E-state index in [-0.39, 0.29) is 29.3 Å². The molecule has 1 aromatic rings. The summed E-state index contributed by atoms with van der Waals surface area (Å²) >= 11 is 0. The summed E-state index contributed by atoms with van der Waals surface area (Å²) in [6.45, 7) is 5.60. The summed E-state index contributed by atoms with van der Waals surface area (Å²) in [6, 6.07) is 1.34. The van der Waals surface area contributed by atoms with Crippen LogP contribution in [0.5, 0.6) is 5.95 Å². The van der Waals surface area contributed by atoms with E-state index < -0.39 is 5.95 Å². The third kappa shape index (κ3) is 5.17. The highest BCUT2D eigenvalue weighted by Crippen LogP contribution is 2.25. The van der Waals surface area contributed by atoms with Crippen LogP contribution < -0.4 is 0 Å². The highest BCUT2D eigenvalue weighted by molar-refractivity contribution is 6.10. The van der Waals surface area contributed by atoms with Crippen LogP contribution in [0, 0.1) is 0 Å². The molecule has 0 radical (unpaired) electrons.